The summed E-state index contributed by atoms with van der Waals surface area (Å²) < 4.78 is 25.3. The fourth-order valence-corrected chi connectivity index (χ4v) is 7.98. The molecule has 2 aliphatic rings. The predicted octanol–water partition coefficient (Wildman–Crippen LogP) is -2.09. The predicted molar refractivity (Wildman–Crippen MR) is 116 cm³/mol. The minimum absolute atomic E-state index is 0. The molecule has 0 aliphatic carbocycles. The van der Waals surface area contributed by atoms with E-state index in [4.69, 9.17) is 0 Å². The minimum atomic E-state index is -3.84. The number of β-lactam (4-membered cyclic amide) rings is 1. The fourth-order valence-electron chi connectivity index (χ4n) is 3.29. The Kier molecular flexibility index (Phi) is 7.90. The van der Waals surface area contributed by atoms with Gasteiger partial charge in [-0.15, -0.1) is 34.4 Å². The number of rotatable bonds is 7. The van der Waals surface area contributed by atoms with Gasteiger partial charge < -0.3 is 10.2 Å². The smallest absolute Gasteiger partial charge is 0.862 e. The van der Waals surface area contributed by atoms with Crippen LogP contribution in [-0.4, -0.2) is 64.1 Å². The summed E-state index contributed by atoms with van der Waals surface area (Å²) in [7, 11) is -3.84. The summed E-state index contributed by atoms with van der Waals surface area (Å²) in [6, 6.07) is 2.64. The van der Waals surface area contributed by atoms with Gasteiger partial charge in [0.1, 0.15) is 11.1 Å². The van der Waals surface area contributed by atoms with Crippen molar-refractivity contribution in [3.63, 3.8) is 0 Å². The number of hydrogen-bond acceptors (Lipinski definition) is 10. The number of thioether (sulfide) groups is 1. The van der Waals surface area contributed by atoms with Crippen LogP contribution in [0.25, 0.3) is 0 Å². The van der Waals surface area contributed by atoms with E-state index in [2.05, 4.69) is 9.98 Å². The second-order valence-electron chi connectivity index (χ2n) is 6.90. The molecule has 1 N–H and O–H groups in total. The summed E-state index contributed by atoms with van der Waals surface area (Å²) in [6.45, 7) is 1.67. The van der Waals surface area contributed by atoms with Crippen LogP contribution >= 0.6 is 34.4 Å². The number of aryl methyl sites for hydroxylation is 1. The maximum Gasteiger partial charge on any atom is 1.00 e. The first-order chi connectivity index (χ1) is 14.7. The van der Waals surface area contributed by atoms with Crippen LogP contribution in [0.15, 0.2) is 43.5 Å². The number of carbonyl (C=O) groups excluding carboxylic acids is 1. The summed E-state index contributed by atoms with van der Waals surface area (Å²) in [5.74, 6) is -2.89. The number of hydrogen-bond donors (Lipinski definition) is 1. The Bertz CT molecular complexity index is 1210. The molecule has 1 saturated heterocycles. The van der Waals surface area contributed by atoms with Gasteiger partial charge in [0.15, 0.2) is 6.04 Å². The second kappa shape index (κ2) is 9.95. The Hall–Kier alpha value is -1.22. The summed E-state index contributed by atoms with van der Waals surface area (Å²) in [6.07, 6.45) is 0.0805. The number of carbonyl (C=O) groups is 2. The number of thiazole rings is 1. The van der Waals surface area contributed by atoms with Gasteiger partial charge in [-0.2, -0.15) is 0 Å². The van der Waals surface area contributed by atoms with Crippen molar-refractivity contribution in [1.82, 2.24) is 9.88 Å². The number of aliphatic imine (C=N–C) groups is 1. The summed E-state index contributed by atoms with van der Waals surface area (Å²) in [5.41, 5.74) is 0.338. The van der Waals surface area contributed by atoms with Gasteiger partial charge in [-0.1, -0.05) is 6.07 Å². The van der Waals surface area contributed by atoms with Crippen LogP contribution in [0.3, 0.4) is 0 Å². The SMILES string of the molecule is Cc1csc(S(=O)(=O)CC2=C(C(=O)O)N3C(=O)[C@@H](N=C([O-])Cc4cccs4)[C@H]3SC2)n1.[Na+]. The van der Waals surface area contributed by atoms with E-state index in [0.717, 1.165) is 21.1 Å². The van der Waals surface area contributed by atoms with E-state index >= 15 is 0 Å². The number of thiophene rings is 1. The van der Waals surface area contributed by atoms with Crippen molar-refractivity contribution in [2.24, 2.45) is 4.99 Å². The normalized spacial score (nSPS) is 21.1. The third-order valence-corrected chi connectivity index (χ3v) is 9.99. The van der Waals surface area contributed by atoms with Crippen molar-refractivity contribution in [3.8, 4) is 0 Å². The Morgan fingerprint density at radius 3 is 2.75 bits per heavy atom. The van der Waals surface area contributed by atoms with Crippen molar-refractivity contribution >= 4 is 62.0 Å². The molecule has 4 rings (SSSR count). The number of nitrogens with zero attached hydrogens (tertiary/aromatic N) is 3. The number of fused-ring (bicyclic) bond motifs is 1. The molecule has 9 nitrogen and oxygen atoms in total. The molecule has 164 valence electrons. The molecule has 2 aromatic rings. The zero-order valence-electron chi connectivity index (χ0n) is 17.0. The van der Waals surface area contributed by atoms with Gasteiger partial charge >= 0.3 is 35.5 Å². The van der Waals surface area contributed by atoms with Gasteiger partial charge in [0.05, 0.1) is 5.75 Å². The Labute approximate surface area is 218 Å². The maximum absolute atomic E-state index is 12.7. The third-order valence-electron chi connectivity index (χ3n) is 4.64. The number of sulfone groups is 1. The molecule has 4 heterocycles. The molecule has 2 aromatic heterocycles. The molecule has 0 bridgehead atoms. The maximum atomic E-state index is 12.7. The molecule has 2 aliphatic heterocycles. The molecule has 2 atom stereocenters. The second-order valence-corrected chi connectivity index (χ2v) is 12.1. The summed E-state index contributed by atoms with van der Waals surface area (Å²) in [4.78, 5) is 34.4. The number of aromatic nitrogens is 1. The van der Waals surface area contributed by atoms with Crippen molar-refractivity contribution in [2.45, 2.75) is 29.1 Å². The van der Waals surface area contributed by atoms with Gasteiger partial charge in [-0.3, -0.25) is 14.7 Å². The minimum Gasteiger partial charge on any atom is -0.862 e. The van der Waals surface area contributed by atoms with E-state index in [9.17, 15) is 28.2 Å². The number of aliphatic carboxylic acids is 1. The van der Waals surface area contributed by atoms with E-state index in [-0.39, 0.29) is 57.3 Å². The van der Waals surface area contributed by atoms with Crippen LogP contribution in [-0.2, 0) is 25.8 Å². The van der Waals surface area contributed by atoms with Gasteiger partial charge in [0, 0.05) is 28.1 Å². The van der Waals surface area contributed by atoms with Crippen LogP contribution < -0.4 is 34.7 Å². The first kappa shape index (κ1) is 25.4. The molecule has 14 heteroatoms. The zero-order chi connectivity index (χ0) is 22.3. The van der Waals surface area contributed by atoms with E-state index in [0.29, 0.717) is 5.69 Å². The van der Waals surface area contributed by atoms with E-state index in [1.165, 1.54) is 23.1 Å². The van der Waals surface area contributed by atoms with Crippen molar-refractivity contribution in [1.29, 1.82) is 0 Å². The Morgan fingerprint density at radius 1 is 1.41 bits per heavy atom. The molecule has 0 spiro atoms. The molecular formula is C18H16N3NaO6S4. The fraction of sp³-hybridized carbons (Fsp3) is 0.333. The molecular weight excluding hydrogens is 505 g/mol. The molecule has 1 fully saturated rings. The van der Waals surface area contributed by atoms with E-state index in [1.807, 2.05) is 11.4 Å². The number of amides is 1. The van der Waals surface area contributed by atoms with E-state index in [1.54, 1.807) is 18.4 Å². The first-order valence-corrected chi connectivity index (χ1v) is 13.4. The van der Waals surface area contributed by atoms with Gasteiger partial charge in [-0.25, -0.2) is 18.2 Å². The van der Waals surface area contributed by atoms with Gasteiger partial charge in [0.2, 0.25) is 14.2 Å². The largest absolute Gasteiger partial charge is 1.00 e. The number of carboxylic acid groups (broad SMARTS) is 1. The molecule has 0 unspecified atom stereocenters. The Balaban J connectivity index is 0.00000289. The van der Waals surface area contributed by atoms with Gasteiger partial charge in [0.25, 0.3) is 5.91 Å². The topological polar surface area (TPSA) is 140 Å². The van der Waals surface area contributed by atoms with Gasteiger partial charge in [-0.05, 0) is 29.8 Å². The molecule has 0 saturated carbocycles. The zero-order valence-corrected chi connectivity index (χ0v) is 22.3. The van der Waals surface area contributed by atoms with Crippen LogP contribution in [0, 0.1) is 6.92 Å². The average Bonchev–Trinajstić information content (AvgIpc) is 3.37. The van der Waals surface area contributed by atoms with E-state index < -0.39 is 44.8 Å². The monoisotopic (exact) mass is 521 g/mol. The third kappa shape index (κ3) is 4.98. The molecule has 0 aromatic carbocycles. The molecule has 1 amide bonds. The van der Waals surface area contributed by atoms with Crippen LogP contribution in [0.1, 0.15) is 10.6 Å². The molecule has 32 heavy (non-hydrogen) atoms. The van der Waals surface area contributed by atoms with Crippen LogP contribution in [0.2, 0.25) is 0 Å². The van der Waals surface area contributed by atoms with Crippen molar-refractivity contribution < 1.29 is 57.8 Å². The molecule has 0 radical (unpaired) electrons. The number of carboxylic acids is 1. The van der Waals surface area contributed by atoms with Crippen LogP contribution in [0.5, 0.6) is 0 Å². The quantitative estimate of drug-likeness (QED) is 0.189. The van der Waals surface area contributed by atoms with Crippen molar-refractivity contribution in [3.05, 3.63) is 44.7 Å². The summed E-state index contributed by atoms with van der Waals surface area (Å²) in [5, 5.41) is 24.7. The Morgan fingerprint density at radius 2 is 2.16 bits per heavy atom. The van der Waals surface area contributed by atoms with Crippen molar-refractivity contribution in [2.75, 3.05) is 11.5 Å². The summed E-state index contributed by atoms with van der Waals surface area (Å²) >= 11 is 3.58. The average molecular weight is 522 g/mol. The first-order valence-electron chi connectivity index (χ1n) is 8.98. The standard InChI is InChI=1S/C18H17N3O6S4.Na/c1-9-6-30-18(19-9)31(26,27)8-10-7-29-16-13(15(23)21(16)14(10)17(24)25)20-12(22)5-11-3-2-4-28-11;/h2-4,6,13,16H,5,7-8H2,1H3,(H,20,22)(H,24,25);/q;+1/p-1/t13-,16-;/m1./s1. The van der Waals surface area contributed by atoms with Crippen LogP contribution in [0.4, 0.5) is 0 Å².